The molecule has 0 saturated heterocycles. The summed E-state index contributed by atoms with van der Waals surface area (Å²) >= 11 is 13.8. The predicted octanol–water partition coefficient (Wildman–Crippen LogP) is 4.68. The van der Waals surface area contributed by atoms with E-state index in [0.29, 0.717) is 33.2 Å². The first kappa shape index (κ1) is 17.7. The molecule has 1 aliphatic carbocycles. The number of ether oxygens (including phenoxy) is 1. The van der Waals surface area contributed by atoms with Crippen molar-refractivity contribution in [1.82, 2.24) is 9.55 Å². The molecule has 0 radical (unpaired) electrons. The van der Waals surface area contributed by atoms with Gasteiger partial charge >= 0.3 is 0 Å². The molecular weight excluding hydrogens is 391 g/mol. The molecule has 0 N–H and O–H groups in total. The zero-order valence-corrected chi connectivity index (χ0v) is 16.3. The third-order valence-electron chi connectivity index (χ3n) is 4.44. The van der Waals surface area contributed by atoms with Crippen molar-refractivity contribution in [3.63, 3.8) is 0 Å². The molecule has 0 amide bonds. The van der Waals surface area contributed by atoms with Crippen LogP contribution in [-0.2, 0) is 0 Å². The van der Waals surface area contributed by atoms with Gasteiger partial charge in [0.2, 0.25) is 0 Å². The second-order valence-electron chi connectivity index (χ2n) is 6.20. The van der Waals surface area contributed by atoms with Crippen molar-refractivity contribution in [2.45, 2.75) is 15.9 Å². The third kappa shape index (κ3) is 3.20. The van der Waals surface area contributed by atoms with Crippen molar-refractivity contribution in [2.24, 2.45) is 5.92 Å². The lowest BCUT2D eigenvalue weighted by atomic mass is 10.2. The number of thioether (sulfide) groups is 1. The van der Waals surface area contributed by atoms with E-state index in [2.05, 4.69) is 0 Å². The zero-order chi connectivity index (χ0) is 18.3. The van der Waals surface area contributed by atoms with Crippen molar-refractivity contribution in [2.75, 3.05) is 12.9 Å². The molecule has 7 heteroatoms. The number of nitrogens with zero attached hydrogens (tertiary/aromatic N) is 2. The Morgan fingerprint density at radius 1 is 1.23 bits per heavy atom. The number of aromatic nitrogens is 2. The van der Waals surface area contributed by atoms with Gasteiger partial charge in [-0.2, -0.15) is 0 Å². The summed E-state index contributed by atoms with van der Waals surface area (Å²) in [6, 6.07) is 14.8. The van der Waals surface area contributed by atoms with Crippen LogP contribution in [0.3, 0.4) is 0 Å². The predicted molar refractivity (Wildman–Crippen MR) is 107 cm³/mol. The maximum atomic E-state index is 13.2. The first-order chi connectivity index (χ1) is 12.5. The van der Waals surface area contributed by atoms with Gasteiger partial charge in [0.05, 0.1) is 23.7 Å². The van der Waals surface area contributed by atoms with Crippen LogP contribution in [0.25, 0.3) is 16.6 Å². The van der Waals surface area contributed by atoms with Crippen LogP contribution in [0.15, 0.2) is 58.5 Å². The van der Waals surface area contributed by atoms with Crippen molar-refractivity contribution < 1.29 is 4.74 Å². The Balaban J connectivity index is 1.86. The Kier molecular flexibility index (Phi) is 4.63. The van der Waals surface area contributed by atoms with E-state index in [4.69, 9.17) is 32.9 Å². The van der Waals surface area contributed by atoms with Gasteiger partial charge in [0.1, 0.15) is 10.1 Å². The molecule has 1 atom stereocenters. The van der Waals surface area contributed by atoms with E-state index in [1.165, 1.54) is 11.8 Å². The highest BCUT2D eigenvalue weighted by Crippen LogP contribution is 2.54. The smallest absolute Gasteiger partial charge is 0.266 e. The second-order valence-corrected chi connectivity index (χ2v) is 8.73. The first-order valence-corrected chi connectivity index (χ1v) is 9.91. The van der Waals surface area contributed by atoms with Gasteiger partial charge in [-0.15, -0.1) is 23.2 Å². The third-order valence-corrected chi connectivity index (χ3v) is 6.47. The van der Waals surface area contributed by atoms with Crippen molar-refractivity contribution >= 4 is 45.9 Å². The van der Waals surface area contributed by atoms with E-state index >= 15 is 0 Å². The monoisotopic (exact) mass is 406 g/mol. The topological polar surface area (TPSA) is 44.1 Å². The molecule has 0 aliphatic heterocycles. The molecule has 26 heavy (non-hydrogen) atoms. The van der Waals surface area contributed by atoms with Crippen LogP contribution in [0, 0.1) is 5.92 Å². The largest absolute Gasteiger partial charge is 0.495 e. The highest BCUT2D eigenvalue weighted by atomic mass is 35.5. The molecule has 1 aliphatic rings. The van der Waals surface area contributed by atoms with E-state index < -0.39 is 4.33 Å². The van der Waals surface area contributed by atoms with Crippen LogP contribution in [0.1, 0.15) is 6.42 Å². The summed E-state index contributed by atoms with van der Waals surface area (Å²) in [6.07, 6.45) is 0.760. The van der Waals surface area contributed by atoms with Gasteiger partial charge in [-0.25, -0.2) is 4.98 Å². The van der Waals surface area contributed by atoms with Crippen molar-refractivity contribution in [1.29, 1.82) is 0 Å². The maximum absolute atomic E-state index is 13.2. The average Bonchev–Trinajstić information content (AvgIpc) is 3.27. The van der Waals surface area contributed by atoms with Crippen LogP contribution >= 0.6 is 35.0 Å². The molecule has 2 aromatic carbocycles. The van der Waals surface area contributed by atoms with Gasteiger partial charge in [0.15, 0.2) is 5.16 Å². The van der Waals surface area contributed by atoms with Gasteiger partial charge in [-0.1, -0.05) is 36.0 Å². The number of methoxy groups -OCH3 is 1. The molecule has 1 aromatic heterocycles. The van der Waals surface area contributed by atoms with E-state index in [-0.39, 0.29) is 11.5 Å². The second kappa shape index (κ2) is 6.80. The number of para-hydroxylation sites is 3. The van der Waals surface area contributed by atoms with E-state index in [1.807, 2.05) is 42.5 Å². The normalized spacial score (nSPS) is 18.0. The average molecular weight is 407 g/mol. The fourth-order valence-corrected chi connectivity index (χ4v) is 4.80. The molecule has 1 fully saturated rings. The summed E-state index contributed by atoms with van der Waals surface area (Å²) in [5.74, 6) is 1.52. The molecule has 1 heterocycles. The zero-order valence-electron chi connectivity index (χ0n) is 14.0. The summed E-state index contributed by atoms with van der Waals surface area (Å²) in [5.41, 5.74) is 1.21. The fourth-order valence-electron chi connectivity index (χ4n) is 2.86. The molecule has 3 aromatic rings. The number of halogens is 2. The summed E-state index contributed by atoms with van der Waals surface area (Å²) < 4.78 is 6.41. The maximum Gasteiger partial charge on any atom is 0.266 e. The molecular formula is C19H16Cl2N2O2S. The minimum absolute atomic E-state index is 0.124. The fraction of sp³-hybridized carbons (Fsp3) is 0.263. The summed E-state index contributed by atoms with van der Waals surface area (Å²) in [7, 11) is 1.59. The molecule has 134 valence electrons. The SMILES string of the molecule is COc1ccccc1-n1c(SC[C@@H]2CC2(Cl)Cl)nc2ccccc2c1=O. The van der Waals surface area contributed by atoms with Crippen molar-refractivity contribution in [3.05, 3.63) is 58.9 Å². The van der Waals surface area contributed by atoms with E-state index in [1.54, 1.807) is 17.7 Å². The Morgan fingerprint density at radius 3 is 2.65 bits per heavy atom. The van der Waals surface area contributed by atoms with Gasteiger partial charge in [0, 0.05) is 11.7 Å². The Morgan fingerprint density at radius 2 is 1.92 bits per heavy atom. The van der Waals surface area contributed by atoms with Crippen LogP contribution in [0.2, 0.25) is 0 Å². The number of rotatable bonds is 5. The van der Waals surface area contributed by atoms with Gasteiger partial charge in [-0.05, 0) is 30.7 Å². The highest BCUT2D eigenvalue weighted by molar-refractivity contribution is 7.99. The molecule has 0 spiro atoms. The summed E-state index contributed by atoms with van der Waals surface area (Å²) in [5, 5.41) is 1.17. The van der Waals surface area contributed by atoms with Crippen LogP contribution in [0.5, 0.6) is 5.75 Å². The Labute approximate surface area is 165 Å². The quantitative estimate of drug-likeness (QED) is 0.350. The number of hydrogen-bond donors (Lipinski definition) is 0. The molecule has 4 rings (SSSR count). The van der Waals surface area contributed by atoms with Crippen LogP contribution in [-0.4, -0.2) is 26.7 Å². The van der Waals surface area contributed by atoms with Crippen LogP contribution < -0.4 is 10.3 Å². The number of fused-ring (bicyclic) bond motifs is 1. The van der Waals surface area contributed by atoms with Gasteiger partial charge < -0.3 is 4.74 Å². The lowest BCUT2D eigenvalue weighted by Gasteiger charge is -2.15. The number of hydrogen-bond acceptors (Lipinski definition) is 4. The first-order valence-electron chi connectivity index (χ1n) is 8.17. The number of alkyl halides is 2. The van der Waals surface area contributed by atoms with E-state index in [9.17, 15) is 4.79 Å². The lowest BCUT2D eigenvalue weighted by molar-refractivity contribution is 0.411. The molecule has 4 nitrogen and oxygen atoms in total. The Bertz CT molecular complexity index is 1040. The highest BCUT2D eigenvalue weighted by Gasteiger charge is 2.51. The minimum Gasteiger partial charge on any atom is -0.495 e. The van der Waals surface area contributed by atoms with E-state index in [0.717, 1.165) is 6.42 Å². The van der Waals surface area contributed by atoms with Crippen LogP contribution in [0.4, 0.5) is 0 Å². The molecule has 1 saturated carbocycles. The summed E-state index contributed by atoms with van der Waals surface area (Å²) in [4.78, 5) is 17.9. The van der Waals surface area contributed by atoms with Gasteiger partial charge in [0.25, 0.3) is 5.56 Å². The summed E-state index contributed by atoms with van der Waals surface area (Å²) in [6.45, 7) is 0. The Hall–Kier alpha value is -1.69. The van der Waals surface area contributed by atoms with Gasteiger partial charge in [-0.3, -0.25) is 9.36 Å². The number of benzene rings is 2. The minimum atomic E-state index is -0.653. The lowest BCUT2D eigenvalue weighted by Crippen LogP contribution is -2.22. The van der Waals surface area contributed by atoms with Crippen molar-refractivity contribution in [3.8, 4) is 11.4 Å². The molecule has 0 unspecified atom stereocenters. The standard InChI is InChI=1S/C19H16Cl2N2O2S/c1-25-16-9-5-4-8-15(16)23-17(24)13-6-2-3-7-14(13)22-18(23)26-11-12-10-19(12,20)21/h2-9,12H,10-11H2,1H3/t12-/m0/s1. The molecule has 0 bridgehead atoms.